The van der Waals surface area contributed by atoms with Gasteiger partial charge >= 0.3 is 0 Å². The average molecular weight is 356 g/mol. The summed E-state index contributed by atoms with van der Waals surface area (Å²) in [6, 6.07) is 17.8. The maximum absolute atomic E-state index is 13.0. The molecule has 0 aliphatic carbocycles. The normalized spacial score (nSPS) is 10.9. The van der Waals surface area contributed by atoms with Crippen molar-refractivity contribution >= 4 is 22.4 Å². The third-order valence-corrected chi connectivity index (χ3v) is 4.77. The number of benzene rings is 3. The number of nitrogens with zero attached hydrogens (tertiary/aromatic N) is 3. The lowest BCUT2D eigenvalue weighted by molar-refractivity contribution is 0.102. The molecular weight excluding hydrogens is 336 g/mol. The summed E-state index contributed by atoms with van der Waals surface area (Å²) in [7, 11) is 0. The molecule has 0 fully saturated rings. The molecule has 4 rings (SSSR count). The predicted octanol–water partition coefficient (Wildman–Crippen LogP) is 4.54. The minimum absolute atomic E-state index is 0.0957. The molecule has 134 valence electrons. The molecule has 5 heteroatoms. The second-order valence-corrected chi connectivity index (χ2v) is 6.50. The van der Waals surface area contributed by atoms with Crippen LogP contribution in [0.15, 0.2) is 67.3 Å². The fourth-order valence-electron chi connectivity index (χ4n) is 3.38. The van der Waals surface area contributed by atoms with Gasteiger partial charge in [-0.2, -0.15) is 0 Å². The fourth-order valence-corrected chi connectivity index (χ4v) is 3.38. The van der Waals surface area contributed by atoms with Crippen molar-refractivity contribution in [1.82, 2.24) is 14.8 Å². The Labute approximate surface area is 157 Å². The molecule has 1 N–H and O–H groups in total. The number of rotatable bonds is 4. The van der Waals surface area contributed by atoms with E-state index in [2.05, 4.69) is 28.5 Å². The minimum atomic E-state index is -0.0957. The first-order valence-corrected chi connectivity index (χ1v) is 8.95. The van der Waals surface area contributed by atoms with E-state index in [-0.39, 0.29) is 5.91 Å². The van der Waals surface area contributed by atoms with Crippen molar-refractivity contribution in [1.29, 1.82) is 0 Å². The van der Waals surface area contributed by atoms with Crippen molar-refractivity contribution in [2.45, 2.75) is 20.3 Å². The van der Waals surface area contributed by atoms with Crippen molar-refractivity contribution in [2.24, 2.45) is 0 Å². The number of carbonyl (C=O) groups excluding carboxylic acids is 1. The van der Waals surface area contributed by atoms with Gasteiger partial charge in [-0.3, -0.25) is 9.36 Å². The number of aryl methyl sites for hydroxylation is 2. The maximum Gasteiger partial charge on any atom is 0.256 e. The summed E-state index contributed by atoms with van der Waals surface area (Å²) in [5.41, 5.74) is 4.61. The average Bonchev–Trinajstić information content (AvgIpc) is 3.23. The fraction of sp³-hybridized carbons (Fsp3) is 0.136. The molecule has 0 bridgehead atoms. The number of carbonyl (C=O) groups is 1. The van der Waals surface area contributed by atoms with Crippen LogP contribution in [-0.2, 0) is 6.42 Å². The van der Waals surface area contributed by atoms with Gasteiger partial charge in [0.05, 0.1) is 0 Å². The predicted molar refractivity (Wildman–Crippen MR) is 107 cm³/mol. The van der Waals surface area contributed by atoms with Crippen LogP contribution in [0.5, 0.6) is 0 Å². The second-order valence-electron chi connectivity index (χ2n) is 6.50. The van der Waals surface area contributed by atoms with Crippen LogP contribution in [0.2, 0.25) is 0 Å². The summed E-state index contributed by atoms with van der Waals surface area (Å²) in [5.74, 6) is -0.0957. The largest absolute Gasteiger partial charge is 0.321 e. The molecule has 1 aromatic heterocycles. The Bertz CT molecular complexity index is 1110. The van der Waals surface area contributed by atoms with Crippen LogP contribution in [0.4, 0.5) is 5.69 Å². The SMILES string of the molecule is CCc1cc(-n2cnnc2)cc(C)c1NC(=O)c1cccc2ccccc12. The molecule has 0 aliphatic rings. The summed E-state index contributed by atoms with van der Waals surface area (Å²) in [4.78, 5) is 13.0. The number of hydrogen-bond acceptors (Lipinski definition) is 3. The van der Waals surface area contributed by atoms with Crippen LogP contribution in [0, 0.1) is 6.92 Å². The summed E-state index contributed by atoms with van der Waals surface area (Å²) >= 11 is 0. The Kier molecular flexibility index (Phi) is 4.42. The van der Waals surface area contributed by atoms with Crippen LogP contribution < -0.4 is 5.32 Å². The third kappa shape index (κ3) is 3.19. The third-order valence-electron chi connectivity index (χ3n) is 4.77. The molecule has 0 unspecified atom stereocenters. The molecule has 27 heavy (non-hydrogen) atoms. The molecule has 0 saturated carbocycles. The van der Waals surface area contributed by atoms with Crippen molar-refractivity contribution < 1.29 is 4.79 Å². The summed E-state index contributed by atoms with van der Waals surface area (Å²) in [6.07, 6.45) is 4.15. The van der Waals surface area contributed by atoms with Gasteiger partial charge in [-0.15, -0.1) is 10.2 Å². The smallest absolute Gasteiger partial charge is 0.256 e. The Morgan fingerprint density at radius 1 is 1.04 bits per heavy atom. The van der Waals surface area contributed by atoms with Gasteiger partial charge in [0.2, 0.25) is 0 Å². The van der Waals surface area contributed by atoms with E-state index in [1.54, 1.807) is 12.7 Å². The van der Waals surface area contributed by atoms with Crippen molar-refractivity contribution in [3.05, 3.63) is 83.9 Å². The number of amides is 1. The first-order valence-electron chi connectivity index (χ1n) is 8.95. The zero-order valence-electron chi connectivity index (χ0n) is 15.3. The summed E-state index contributed by atoms with van der Waals surface area (Å²) < 4.78 is 1.86. The van der Waals surface area contributed by atoms with Gasteiger partial charge < -0.3 is 5.32 Å². The zero-order chi connectivity index (χ0) is 18.8. The molecule has 1 heterocycles. The van der Waals surface area contributed by atoms with Gasteiger partial charge in [0, 0.05) is 16.9 Å². The van der Waals surface area contributed by atoms with Crippen LogP contribution in [0.25, 0.3) is 16.5 Å². The van der Waals surface area contributed by atoms with E-state index in [1.807, 2.05) is 60.0 Å². The van der Waals surface area contributed by atoms with Crippen LogP contribution in [0.3, 0.4) is 0 Å². The van der Waals surface area contributed by atoms with Crippen LogP contribution in [-0.4, -0.2) is 20.7 Å². The first-order chi connectivity index (χ1) is 13.2. The van der Waals surface area contributed by atoms with Crippen molar-refractivity contribution in [2.75, 3.05) is 5.32 Å². The van der Waals surface area contributed by atoms with Gasteiger partial charge in [0.1, 0.15) is 12.7 Å². The first kappa shape index (κ1) is 17.0. The van der Waals surface area contributed by atoms with E-state index in [1.165, 1.54) is 0 Å². The highest BCUT2D eigenvalue weighted by molar-refractivity contribution is 6.13. The zero-order valence-corrected chi connectivity index (χ0v) is 15.3. The highest BCUT2D eigenvalue weighted by atomic mass is 16.1. The molecule has 4 aromatic rings. The number of nitrogens with one attached hydrogen (secondary N) is 1. The van der Waals surface area contributed by atoms with E-state index in [0.29, 0.717) is 5.56 Å². The van der Waals surface area contributed by atoms with Crippen LogP contribution in [0.1, 0.15) is 28.4 Å². The van der Waals surface area contributed by atoms with E-state index >= 15 is 0 Å². The number of aromatic nitrogens is 3. The van der Waals surface area contributed by atoms with Crippen molar-refractivity contribution in [3.8, 4) is 5.69 Å². The lowest BCUT2D eigenvalue weighted by atomic mass is 10.0. The van der Waals surface area contributed by atoms with Gasteiger partial charge in [0.15, 0.2) is 0 Å². The van der Waals surface area contributed by atoms with Gasteiger partial charge in [0.25, 0.3) is 5.91 Å². The number of anilines is 1. The van der Waals surface area contributed by atoms with E-state index < -0.39 is 0 Å². The molecule has 1 amide bonds. The molecular formula is C22H20N4O. The molecule has 0 spiro atoms. The van der Waals surface area contributed by atoms with Gasteiger partial charge in [-0.05, 0) is 53.4 Å². The lowest BCUT2D eigenvalue weighted by Crippen LogP contribution is -2.15. The monoisotopic (exact) mass is 356 g/mol. The van der Waals surface area contributed by atoms with Gasteiger partial charge in [-0.1, -0.05) is 43.3 Å². The summed E-state index contributed by atoms with van der Waals surface area (Å²) in [5, 5.41) is 12.9. The van der Waals surface area contributed by atoms with Crippen molar-refractivity contribution in [3.63, 3.8) is 0 Å². The Balaban J connectivity index is 1.72. The minimum Gasteiger partial charge on any atom is -0.321 e. The van der Waals surface area contributed by atoms with E-state index in [4.69, 9.17) is 0 Å². The highest BCUT2D eigenvalue weighted by Gasteiger charge is 2.14. The van der Waals surface area contributed by atoms with Gasteiger partial charge in [-0.25, -0.2) is 0 Å². The quantitative estimate of drug-likeness (QED) is 0.584. The molecule has 0 aliphatic heterocycles. The molecule has 0 atom stereocenters. The number of fused-ring (bicyclic) bond motifs is 1. The highest BCUT2D eigenvalue weighted by Crippen LogP contribution is 2.27. The lowest BCUT2D eigenvalue weighted by Gasteiger charge is -2.16. The number of hydrogen-bond donors (Lipinski definition) is 1. The Hall–Kier alpha value is -3.47. The molecule has 0 saturated heterocycles. The Morgan fingerprint density at radius 2 is 1.78 bits per heavy atom. The van der Waals surface area contributed by atoms with E-state index in [9.17, 15) is 4.79 Å². The second kappa shape index (κ2) is 7.03. The molecule has 0 radical (unpaired) electrons. The standard InChI is InChI=1S/C22H20N4O/c1-3-16-12-18(26-13-23-24-14-26)11-15(2)21(16)25-22(27)20-10-6-8-17-7-4-5-9-19(17)20/h4-14H,3H2,1-2H3,(H,25,27). The Morgan fingerprint density at radius 3 is 2.56 bits per heavy atom. The molecule has 3 aromatic carbocycles. The maximum atomic E-state index is 13.0. The molecule has 5 nitrogen and oxygen atoms in total. The summed E-state index contributed by atoms with van der Waals surface area (Å²) in [6.45, 7) is 4.09. The topological polar surface area (TPSA) is 59.8 Å². The van der Waals surface area contributed by atoms with E-state index in [0.717, 1.165) is 39.7 Å². The van der Waals surface area contributed by atoms with Crippen LogP contribution >= 0.6 is 0 Å².